The number of Topliss-reactive ketones (excluding diaryl/α,β-unsaturated/α-hetero) is 1. The summed E-state index contributed by atoms with van der Waals surface area (Å²) in [7, 11) is 0. The molecule has 0 amide bonds. The molecule has 1 aliphatic heterocycles. The third-order valence-electron chi connectivity index (χ3n) is 2.11. The summed E-state index contributed by atoms with van der Waals surface area (Å²) in [6.07, 6.45) is 0.748. The second-order valence-electron chi connectivity index (χ2n) is 3.36. The van der Waals surface area contributed by atoms with Crippen LogP contribution in [-0.4, -0.2) is 29.3 Å². The Morgan fingerprint density at radius 1 is 1.55 bits per heavy atom. The van der Waals surface area contributed by atoms with Crippen LogP contribution in [-0.2, 0) is 4.79 Å². The summed E-state index contributed by atoms with van der Waals surface area (Å²) in [6, 6.07) is 0.981. The lowest BCUT2D eigenvalue weighted by molar-refractivity contribution is -0.117. The molecule has 2 nitrogen and oxygen atoms in total. The summed E-state index contributed by atoms with van der Waals surface area (Å²) < 4.78 is 0. The molecule has 66 valence electrons. The summed E-state index contributed by atoms with van der Waals surface area (Å²) in [5.74, 6) is 0.390. The first-order chi connectivity index (χ1) is 4.61. The minimum Gasteiger partial charge on any atom is -0.298 e. The van der Waals surface area contributed by atoms with Crippen molar-refractivity contribution < 1.29 is 4.79 Å². The van der Waals surface area contributed by atoms with Crippen LogP contribution in [0.2, 0.25) is 0 Å². The highest BCUT2D eigenvalue weighted by atomic mass is 35.5. The molecule has 0 aromatic heterocycles. The highest BCUT2D eigenvalue weighted by Crippen LogP contribution is 2.15. The fourth-order valence-electron chi connectivity index (χ4n) is 1.56. The standard InChI is InChI=1S/C8H15NO.ClH/c1-6(2)9-5-8(10)4-7(9)3;/h6-7H,4-5H2,1-3H3;1H. The van der Waals surface area contributed by atoms with Gasteiger partial charge in [0, 0.05) is 18.5 Å². The molecule has 1 fully saturated rings. The Morgan fingerprint density at radius 2 is 2.09 bits per heavy atom. The van der Waals surface area contributed by atoms with Crippen molar-refractivity contribution in [1.82, 2.24) is 4.90 Å². The van der Waals surface area contributed by atoms with Gasteiger partial charge in [0.25, 0.3) is 0 Å². The molecule has 0 saturated carbocycles. The van der Waals surface area contributed by atoms with Gasteiger partial charge in [-0.05, 0) is 20.8 Å². The molecule has 0 aromatic rings. The van der Waals surface area contributed by atoms with Gasteiger partial charge in [0.2, 0.25) is 0 Å². The Hall–Kier alpha value is -0.0800. The number of rotatable bonds is 1. The maximum Gasteiger partial charge on any atom is 0.148 e. The van der Waals surface area contributed by atoms with Gasteiger partial charge in [-0.3, -0.25) is 9.69 Å². The van der Waals surface area contributed by atoms with Crippen LogP contribution in [0.4, 0.5) is 0 Å². The minimum absolute atomic E-state index is 0. The van der Waals surface area contributed by atoms with Crippen LogP contribution < -0.4 is 0 Å². The van der Waals surface area contributed by atoms with Crippen LogP contribution >= 0.6 is 12.4 Å². The van der Waals surface area contributed by atoms with E-state index in [9.17, 15) is 4.79 Å². The van der Waals surface area contributed by atoms with Crippen molar-refractivity contribution in [2.75, 3.05) is 6.54 Å². The van der Waals surface area contributed by atoms with Gasteiger partial charge in [-0.2, -0.15) is 0 Å². The maximum absolute atomic E-state index is 10.9. The van der Waals surface area contributed by atoms with E-state index in [1.807, 2.05) is 0 Å². The number of hydrogen-bond acceptors (Lipinski definition) is 2. The first-order valence-corrected chi connectivity index (χ1v) is 3.88. The maximum atomic E-state index is 10.9. The van der Waals surface area contributed by atoms with Crippen LogP contribution in [0, 0.1) is 0 Å². The molecule has 0 aliphatic carbocycles. The van der Waals surface area contributed by atoms with Crippen molar-refractivity contribution in [1.29, 1.82) is 0 Å². The van der Waals surface area contributed by atoms with E-state index in [-0.39, 0.29) is 12.4 Å². The van der Waals surface area contributed by atoms with Gasteiger partial charge in [-0.15, -0.1) is 12.4 Å². The van der Waals surface area contributed by atoms with Crippen LogP contribution in [0.1, 0.15) is 27.2 Å². The van der Waals surface area contributed by atoms with Crippen LogP contribution in [0.25, 0.3) is 0 Å². The number of halogens is 1. The van der Waals surface area contributed by atoms with Crippen LogP contribution in [0.3, 0.4) is 0 Å². The number of carbonyl (C=O) groups is 1. The fraction of sp³-hybridized carbons (Fsp3) is 0.875. The lowest BCUT2D eigenvalue weighted by atomic mass is 10.2. The molecule has 1 aliphatic rings. The van der Waals surface area contributed by atoms with Gasteiger partial charge < -0.3 is 0 Å². The Morgan fingerprint density at radius 3 is 2.27 bits per heavy atom. The number of nitrogens with zero attached hydrogens (tertiary/aromatic N) is 1. The van der Waals surface area contributed by atoms with Crippen molar-refractivity contribution in [3.8, 4) is 0 Å². The molecule has 0 aromatic carbocycles. The van der Waals surface area contributed by atoms with Crippen molar-refractivity contribution in [2.24, 2.45) is 0 Å². The molecular weight excluding hydrogens is 162 g/mol. The monoisotopic (exact) mass is 177 g/mol. The zero-order valence-electron chi connectivity index (χ0n) is 7.33. The quantitative estimate of drug-likeness (QED) is 0.605. The molecule has 1 rings (SSSR count). The Balaban J connectivity index is 0.000001000. The summed E-state index contributed by atoms with van der Waals surface area (Å²) >= 11 is 0. The molecule has 1 unspecified atom stereocenters. The largest absolute Gasteiger partial charge is 0.298 e. The normalized spacial score (nSPS) is 25.8. The first-order valence-electron chi connectivity index (χ1n) is 3.88. The van der Waals surface area contributed by atoms with Crippen LogP contribution in [0.5, 0.6) is 0 Å². The predicted octanol–water partition coefficient (Wildman–Crippen LogP) is 1.48. The highest BCUT2D eigenvalue weighted by molar-refractivity contribution is 5.85. The lowest BCUT2D eigenvalue weighted by Gasteiger charge is -2.23. The molecule has 0 radical (unpaired) electrons. The molecular formula is C8H16ClNO. The zero-order valence-corrected chi connectivity index (χ0v) is 8.15. The molecule has 0 spiro atoms. The van der Waals surface area contributed by atoms with Gasteiger partial charge in [0.05, 0.1) is 6.54 Å². The second-order valence-corrected chi connectivity index (χ2v) is 3.36. The van der Waals surface area contributed by atoms with Gasteiger partial charge in [0.15, 0.2) is 0 Å². The van der Waals surface area contributed by atoms with Gasteiger partial charge in [-0.1, -0.05) is 0 Å². The van der Waals surface area contributed by atoms with E-state index in [0.717, 1.165) is 6.42 Å². The Kier molecular flexibility index (Phi) is 4.04. The van der Waals surface area contributed by atoms with Gasteiger partial charge >= 0.3 is 0 Å². The number of likely N-dealkylation sites (tertiary alicyclic amines) is 1. The van der Waals surface area contributed by atoms with Gasteiger partial charge in [0.1, 0.15) is 5.78 Å². The summed E-state index contributed by atoms with van der Waals surface area (Å²) in [5.41, 5.74) is 0. The molecule has 1 saturated heterocycles. The lowest BCUT2D eigenvalue weighted by Crippen LogP contribution is -2.33. The van der Waals surface area contributed by atoms with Gasteiger partial charge in [-0.25, -0.2) is 0 Å². The second kappa shape index (κ2) is 4.07. The highest BCUT2D eigenvalue weighted by Gasteiger charge is 2.28. The van der Waals surface area contributed by atoms with E-state index in [0.29, 0.717) is 24.4 Å². The molecule has 3 heteroatoms. The average molecular weight is 178 g/mol. The Bertz CT molecular complexity index is 147. The molecule has 0 bridgehead atoms. The summed E-state index contributed by atoms with van der Waals surface area (Å²) in [5, 5.41) is 0. The predicted molar refractivity (Wildman–Crippen MR) is 48.2 cm³/mol. The number of ketones is 1. The summed E-state index contributed by atoms with van der Waals surface area (Å²) in [4.78, 5) is 13.2. The number of carbonyl (C=O) groups excluding carboxylic acids is 1. The topological polar surface area (TPSA) is 20.3 Å². The molecule has 11 heavy (non-hydrogen) atoms. The van der Waals surface area contributed by atoms with Crippen molar-refractivity contribution in [2.45, 2.75) is 39.3 Å². The van der Waals surface area contributed by atoms with E-state index in [2.05, 4.69) is 25.7 Å². The number of hydrogen-bond donors (Lipinski definition) is 0. The molecule has 1 heterocycles. The third kappa shape index (κ3) is 2.46. The molecule has 0 N–H and O–H groups in total. The van der Waals surface area contributed by atoms with E-state index >= 15 is 0 Å². The fourth-order valence-corrected chi connectivity index (χ4v) is 1.56. The van der Waals surface area contributed by atoms with E-state index < -0.39 is 0 Å². The third-order valence-corrected chi connectivity index (χ3v) is 2.11. The SMILES string of the molecule is CC(C)N1CC(=O)CC1C.Cl. The zero-order chi connectivity index (χ0) is 7.72. The van der Waals surface area contributed by atoms with Crippen LogP contribution in [0.15, 0.2) is 0 Å². The minimum atomic E-state index is 0. The van der Waals surface area contributed by atoms with E-state index in [1.165, 1.54) is 0 Å². The van der Waals surface area contributed by atoms with Crippen molar-refractivity contribution in [3.63, 3.8) is 0 Å². The van der Waals surface area contributed by atoms with E-state index in [4.69, 9.17) is 0 Å². The van der Waals surface area contributed by atoms with Crippen molar-refractivity contribution >= 4 is 18.2 Å². The Labute approximate surface area is 74.4 Å². The molecule has 1 atom stereocenters. The smallest absolute Gasteiger partial charge is 0.148 e. The van der Waals surface area contributed by atoms with E-state index in [1.54, 1.807) is 0 Å². The summed E-state index contributed by atoms with van der Waals surface area (Å²) in [6.45, 7) is 7.05. The average Bonchev–Trinajstić information content (AvgIpc) is 2.10. The first kappa shape index (κ1) is 10.9. The van der Waals surface area contributed by atoms with Crippen molar-refractivity contribution in [3.05, 3.63) is 0 Å².